The summed E-state index contributed by atoms with van der Waals surface area (Å²) >= 11 is -0.218. The van der Waals surface area contributed by atoms with Gasteiger partial charge in [-0.1, -0.05) is 0 Å². The third-order valence-electron chi connectivity index (χ3n) is 4.03. The Kier molecular flexibility index (Phi) is 9.40. The zero-order valence-corrected chi connectivity index (χ0v) is 18.2. The summed E-state index contributed by atoms with van der Waals surface area (Å²) in [7, 11) is 3.56. The predicted molar refractivity (Wildman–Crippen MR) is 102 cm³/mol. The predicted octanol–water partition coefficient (Wildman–Crippen LogP) is 5.11. The van der Waals surface area contributed by atoms with Crippen molar-refractivity contribution in [2.75, 3.05) is 14.2 Å². The molecule has 0 aromatic heterocycles. The van der Waals surface area contributed by atoms with Crippen molar-refractivity contribution in [3.05, 3.63) is 17.7 Å². The molecule has 23 heavy (non-hydrogen) atoms. The number of benzene rings is 1. The second-order valence-corrected chi connectivity index (χ2v) is 10.3. The van der Waals surface area contributed by atoms with Crippen LogP contribution in [0.3, 0.4) is 0 Å². The Balaban J connectivity index is 2.73. The summed E-state index contributed by atoms with van der Waals surface area (Å²) in [5.41, 5.74) is 1.34. The molecule has 0 N–H and O–H groups in total. The monoisotopic (exact) mass is 436 g/mol. The number of ether oxygens (including phenoxy) is 2. The van der Waals surface area contributed by atoms with Gasteiger partial charge in [0.2, 0.25) is 0 Å². The van der Waals surface area contributed by atoms with Crippen LogP contribution in [0.1, 0.15) is 71.8 Å². The van der Waals surface area contributed by atoms with E-state index in [0.717, 1.165) is 11.5 Å². The first-order valence-corrected chi connectivity index (χ1v) is 11.6. The first-order chi connectivity index (χ1) is 10.9. The molecule has 0 spiro atoms. The van der Waals surface area contributed by atoms with Crippen LogP contribution in [-0.4, -0.2) is 35.1 Å². The first-order valence-electron chi connectivity index (χ1n) is 8.83. The Morgan fingerprint density at radius 2 is 1.57 bits per heavy atom. The molecule has 0 heterocycles. The van der Waals surface area contributed by atoms with Gasteiger partial charge in [-0.25, -0.2) is 0 Å². The van der Waals surface area contributed by atoms with E-state index in [1.54, 1.807) is 14.2 Å². The molecule has 0 saturated carbocycles. The molecule has 0 unspecified atom stereocenters. The van der Waals surface area contributed by atoms with Crippen LogP contribution in [0.5, 0.6) is 11.5 Å². The second-order valence-electron chi connectivity index (χ2n) is 7.07. The quantitative estimate of drug-likeness (QED) is 0.377. The van der Waals surface area contributed by atoms with Gasteiger partial charge >= 0.3 is 154 Å². The molecule has 1 rings (SSSR count). The Morgan fingerprint density at radius 1 is 0.913 bits per heavy atom. The SMILES string of the molecule is CCCCCCCC[Te]c1cc(OC)cc(C(C)(C)C)c1OC. The molecule has 1 aromatic carbocycles. The standard InChI is InChI=1S/C20H34O2Te/c1-7-8-9-10-11-12-13-23-18-15-16(21-5)14-17(19(18)22-6)20(2,3)4/h14-15H,7-13H2,1-6H3. The Labute approximate surface area is 153 Å². The van der Waals surface area contributed by atoms with Crippen LogP contribution >= 0.6 is 0 Å². The number of hydrogen-bond donors (Lipinski definition) is 0. The molecule has 132 valence electrons. The van der Waals surface area contributed by atoms with Crippen LogP contribution in [0.4, 0.5) is 0 Å². The molecule has 0 aliphatic heterocycles. The van der Waals surface area contributed by atoms with Crippen molar-refractivity contribution in [3.8, 4) is 11.5 Å². The normalized spacial score (nSPS) is 11.6. The molecule has 0 bridgehead atoms. The van der Waals surface area contributed by atoms with Crippen molar-refractivity contribution in [3.63, 3.8) is 0 Å². The van der Waals surface area contributed by atoms with Gasteiger partial charge in [0.25, 0.3) is 0 Å². The Hall–Kier alpha value is -0.390. The van der Waals surface area contributed by atoms with E-state index in [9.17, 15) is 0 Å². The van der Waals surface area contributed by atoms with Crippen LogP contribution in [0.15, 0.2) is 12.1 Å². The van der Waals surface area contributed by atoms with E-state index >= 15 is 0 Å². The third kappa shape index (κ3) is 6.94. The molecule has 0 saturated heterocycles. The average molecular weight is 434 g/mol. The van der Waals surface area contributed by atoms with E-state index in [1.165, 1.54) is 52.2 Å². The summed E-state index contributed by atoms with van der Waals surface area (Å²) in [5, 5.41) is 0. The van der Waals surface area contributed by atoms with Crippen LogP contribution in [0, 0.1) is 0 Å². The fraction of sp³-hybridized carbons (Fsp3) is 0.700. The minimum absolute atomic E-state index is 0.0712. The summed E-state index contributed by atoms with van der Waals surface area (Å²) in [4.78, 5) is 0. The molecule has 3 heteroatoms. The number of unbranched alkanes of at least 4 members (excludes halogenated alkanes) is 5. The first kappa shape index (κ1) is 20.7. The number of methoxy groups -OCH3 is 2. The molecular formula is C20H34O2Te. The van der Waals surface area contributed by atoms with Gasteiger partial charge in [0.1, 0.15) is 0 Å². The van der Waals surface area contributed by atoms with Crippen LogP contribution in [-0.2, 0) is 5.41 Å². The van der Waals surface area contributed by atoms with Crippen molar-refractivity contribution in [2.45, 2.75) is 76.1 Å². The summed E-state index contributed by atoms with van der Waals surface area (Å²) in [6.45, 7) is 8.99. The number of hydrogen-bond acceptors (Lipinski definition) is 2. The maximum atomic E-state index is 5.79. The summed E-state index contributed by atoms with van der Waals surface area (Å²) in [5.74, 6) is 2.07. The van der Waals surface area contributed by atoms with Gasteiger partial charge in [0.15, 0.2) is 0 Å². The third-order valence-corrected chi connectivity index (χ3v) is 7.19. The van der Waals surface area contributed by atoms with Crippen molar-refractivity contribution < 1.29 is 9.47 Å². The summed E-state index contributed by atoms with van der Waals surface area (Å²) in [6, 6.07) is 4.34. The minimum atomic E-state index is -0.218. The molecule has 0 aliphatic rings. The molecule has 0 radical (unpaired) electrons. The fourth-order valence-electron chi connectivity index (χ4n) is 2.63. The molecular weight excluding hydrogens is 400 g/mol. The molecule has 0 aliphatic carbocycles. The van der Waals surface area contributed by atoms with E-state index < -0.39 is 0 Å². The zero-order chi connectivity index (χ0) is 17.3. The van der Waals surface area contributed by atoms with Gasteiger partial charge in [0, 0.05) is 0 Å². The molecule has 0 fully saturated rings. The van der Waals surface area contributed by atoms with Crippen LogP contribution < -0.4 is 13.1 Å². The van der Waals surface area contributed by atoms with E-state index in [4.69, 9.17) is 9.47 Å². The number of rotatable bonds is 10. The van der Waals surface area contributed by atoms with Crippen LogP contribution in [0.25, 0.3) is 0 Å². The van der Waals surface area contributed by atoms with E-state index in [2.05, 4.69) is 39.8 Å². The van der Waals surface area contributed by atoms with Crippen molar-refractivity contribution >= 4 is 24.5 Å². The summed E-state index contributed by atoms with van der Waals surface area (Å²) < 4.78 is 14.1. The molecule has 1 aromatic rings. The topological polar surface area (TPSA) is 18.5 Å². The second kappa shape index (κ2) is 10.5. The summed E-state index contributed by atoms with van der Waals surface area (Å²) in [6.07, 6.45) is 8.23. The van der Waals surface area contributed by atoms with Gasteiger partial charge in [-0.15, -0.1) is 0 Å². The van der Waals surface area contributed by atoms with Crippen molar-refractivity contribution in [2.24, 2.45) is 0 Å². The fourth-order valence-corrected chi connectivity index (χ4v) is 5.75. The van der Waals surface area contributed by atoms with Crippen LogP contribution in [0.2, 0.25) is 4.47 Å². The molecule has 2 nitrogen and oxygen atoms in total. The zero-order valence-electron chi connectivity index (χ0n) is 15.8. The van der Waals surface area contributed by atoms with E-state index in [-0.39, 0.29) is 26.3 Å². The molecule has 0 atom stereocenters. The average Bonchev–Trinajstić information content (AvgIpc) is 2.52. The Morgan fingerprint density at radius 3 is 2.13 bits per heavy atom. The van der Waals surface area contributed by atoms with Crippen molar-refractivity contribution in [1.29, 1.82) is 0 Å². The van der Waals surface area contributed by atoms with E-state index in [1.807, 2.05) is 0 Å². The van der Waals surface area contributed by atoms with Gasteiger partial charge in [0.05, 0.1) is 0 Å². The van der Waals surface area contributed by atoms with Gasteiger partial charge < -0.3 is 0 Å². The van der Waals surface area contributed by atoms with Crippen molar-refractivity contribution in [1.82, 2.24) is 0 Å². The van der Waals surface area contributed by atoms with Gasteiger partial charge in [-0.3, -0.25) is 0 Å². The maximum absolute atomic E-state index is 5.79. The Bertz CT molecular complexity index is 463. The van der Waals surface area contributed by atoms with Gasteiger partial charge in [-0.2, -0.15) is 0 Å². The molecule has 0 amide bonds. The van der Waals surface area contributed by atoms with Gasteiger partial charge in [-0.05, 0) is 0 Å². The van der Waals surface area contributed by atoms with E-state index in [0.29, 0.717) is 0 Å².